The first kappa shape index (κ1) is 14.6. The molecule has 1 fully saturated rings. The third kappa shape index (κ3) is 3.40. The predicted octanol–water partition coefficient (Wildman–Crippen LogP) is 0.945. The molecule has 6 heteroatoms. The van der Waals surface area contributed by atoms with Crippen molar-refractivity contribution in [3.05, 3.63) is 23.8 Å². The summed E-state index contributed by atoms with van der Waals surface area (Å²) in [5.41, 5.74) is 7.03. The second kappa shape index (κ2) is 6.58. The summed E-state index contributed by atoms with van der Waals surface area (Å²) in [4.78, 5) is 13.3. The van der Waals surface area contributed by atoms with Gasteiger partial charge in [0.15, 0.2) is 0 Å². The van der Waals surface area contributed by atoms with Crippen LogP contribution < -0.4 is 10.6 Å². The number of nitrogen functional groups attached to an aromatic ring is 1. The number of carboxylic acids is 1. The number of aromatic carboxylic acids is 1. The van der Waals surface area contributed by atoms with Gasteiger partial charge in [-0.05, 0) is 31.0 Å². The molecule has 0 aromatic heterocycles. The van der Waals surface area contributed by atoms with Crippen molar-refractivity contribution in [2.45, 2.75) is 18.9 Å². The Morgan fingerprint density at radius 1 is 1.40 bits per heavy atom. The zero-order chi connectivity index (χ0) is 14.5. The van der Waals surface area contributed by atoms with Gasteiger partial charge in [-0.1, -0.05) is 0 Å². The Morgan fingerprint density at radius 2 is 2.10 bits per heavy atom. The van der Waals surface area contributed by atoms with Gasteiger partial charge in [-0.25, -0.2) is 4.79 Å². The topological polar surface area (TPSA) is 96.0 Å². The zero-order valence-electron chi connectivity index (χ0n) is 11.3. The van der Waals surface area contributed by atoms with Gasteiger partial charge in [0, 0.05) is 18.8 Å². The molecule has 2 rings (SSSR count). The van der Waals surface area contributed by atoms with Gasteiger partial charge >= 0.3 is 5.97 Å². The minimum absolute atomic E-state index is 0.0291. The highest BCUT2D eigenvalue weighted by molar-refractivity contribution is 5.95. The lowest BCUT2D eigenvalue weighted by atomic mass is 10.0. The van der Waals surface area contributed by atoms with E-state index in [2.05, 4.69) is 0 Å². The third-order valence-electron chi connectivity index (χ3n) is 3.48. The molecule has 0 spiro atoms. The Hall–Kier alpha value is -1.79. The summed E-state index contributed by atoms with van der Waals surface area (Å²) in [6.45, 7) is 1.86. The average molecular weight is 280 g/mol. The van der Waals surface area contributed by atoms with E-state index in [0.29, 0.717) is 18.0 Å². The Kier molecular flexibility index (Phi) is 4.81. The van der Waals surface area contributed by atoms with Gasteiger partial charge in [0.25, 0.3) is 0 Å². The van der Waals surface area contributed by atoms with Crippen LogP contribution in [0.2, 0.25) is 0 Å². The molecule has 0 saturated carbocycles. The monoisotopic (exact) mass is 280 g/mol. The minimum atomic E-state index is -0.967. The van der Waals surface area contributed by atoms with Gasteiger partial charge in [0.05, 0.1) is 30.6 Å². The van der Waals surface area contributed by atoms with Crippen molar-refractivity contribution in [2.75, 3.05) is 36.9 Å². The molecule has 0 amide bonds. The number of nitrogens with zero attached hydrogens (tertiary/aromatic N) is 1. The Morgan fingerprint density at radius 3 is 2.70 bits per heavy atom. The van der Waals surface area contributed by atoms with Crippen molar-refractivity contribution < 1.29 is 19.7 Å². The summed E-state index contributed by atoms with van der Waals surface area (Å²) in [6.07, 6.45) is 1.79. The number of nitrogens with two attached hydrogens (primary N) is 1. The lowest BCUT2D eigenvalue weighted by Gasteiger charge is -2.34. The fraction of sp³-hybridized carbons (Fsp3) is 0.500. The van der Waals surface area contributed by atoms with Crippen LogP contribution in [0.3, 0.4) is 0 Å². The maximum Gasteiger partial charge on any atom is 0.337 e. The highest BCUT2D eigenvalue weighted by Crippen LogP contribution is 2.27. The summed E-state index contributed by atoms with van der Waals surface area (Å²) in [6, 6.07) is 4.97. The summed E-state index contributed by atoms with van der Waals surface area (Å²) >= 11 is 0. The van der Waals surface area contributed by atoms with E-state index >= 15 is 0 Å². The molecule has 1 saturated heterocycles. The smallest absolute Gasteiger partial charge is 0.337 e. The van der Waals surface area contributed by atoms with Crippen LogP contribution in [0, 0.1) is 0 Å². The van der Waals surface area contributed by atoms with Crippen LogP contribution in [0.4, 0.5) is 11.4 Å². The molecule has 0 atom stereocenters. The number of ether oxygens (including phenoxy) is 1. The highest BCUT2D eigenvalue weighted by atomic mass is 16.5. The first-order valence-corrected chi connectivity index (χ1v) is 6.72. The molecule has 0 aliphatic carbocycles. The van der Waals surface area contributed by atoms with Crippen molar-refractivity contribution in [2.24, 2.45) is 0 Å². The van der Waals surface area contributed by atoms with E-state index in [9.17, 15) is 9.90 Å². The van der Waals surface area contributed by atoms with Crippen LogP contribution in [0.25, 0.3) is 0 Å². The second-order valence-corrected chi connectivity index (χ2v) is 4.86. The van der Waals surface area contributed by atoms with E-state index in [0.717, 1.165) is 25.9 Å². The van der Waals surface area contributed by atoms with Crippen LogP contribution in [0.5, 0.6) is 0 Å². The van der Waals surface area contributed by atoms with Crippen LogP contribution in [-0.2, 0) is 4.74 Å². The van der Waals surface area contributed by atoms with Crippen molar-refractivity contribution >= 4 is 17.3 Å². The number of aliphatic hydroxyl groups excluding tert-OH is 1. The first-order valence-electron chi connectivity index (χ1n) is 6.72. The molecule has 0 radical (unpaired) electrons. The van der Waals surface area contributed by atoms with Crippen molar-refractivity contribution in [3.8, 4) is 0 Å². The largest absolute Gasteiger partial charge is 0.478 e. The molecule has 20 heavy (non-hydrogen) atoms. The fourth-order valence-electron chi connectivity index (χ4n) is 2.48. The van der Waals surface area contributed by atoms with Gasteiger partial charge in [0.2, 0.25) is 0 Å². The fourth-order valence-corrected chi connectivity index (χ4v) is 2.48. The van der Waals surface area contributed by atoms with Crippen LogP contribution in [0.15, 0.2) is 18.2 Å². The Bertz CT molecular complexity index is 470. The van der Waals surface area contributed by atoms with Crippen LogP contribution in [0.1, 0.15) is 23.2 Å². The molecule has 110 valence electrons. The van der Waals surface area contributed by atoms with Crippen molar-refractivity contribution in [1.82, 2.24) is 0 Å². The summed E-state index contributed by atoms with van der Waals surface area (Å²) in [7, 11) is 0. The van der Waals surface area contributed by atoms with E-state index in [1.54, 1.807) is 12.1 Å². The highest BCUT2D eigenvalue weighted by Gasteiger charge is 2.23. The number of hydrogen-bond donors (Lipinski definition) is 3. The minimum Gasteiger partial charge on any atom is -0.478 e. The number of benzene rings is 1. The van der Waals surface area contributed by atoms with E-state index in [4.69, 9.17) is 15.6 Å². The van der Waals surface area contributed by atoms with Gasteiger partial charge in [-0.3, -0.25) is 0 Å². The van der Waals surface area contributed by atoms with E-state index < -0.39 is 5.97 Å². The molecular weight excluding hydrogens is 260 g/mol. The standard InChI is InChI=1S/C14H20N2O4/c15-10-1-2-13(12(9-10)14(18)19)16-5-3-11(4-6-16)20-8-7-17/h1-2,9,11,17H,3-8,15H2,(H,18,19). The van der Waals surface area contributed by atoms with Gasteiger partial charge in [-0.2, -0.15) is 0 Å². The maximum atomic E-state index is 11.3. The molecular formula is C14H20N2O4. The van der Waals surface area contributed by atoms with Gasteiger partial charge in [0.1, 0.15) is 0 Å². The molecule has 1 aliphatic heterocycles. The van der Waals surface area contributed by atoms with Crippen molar-refractivity contribution in [1.29, 1.82) is 0 Å². The normalized spacial score (nSPS) is 16.4. The number of carbonyl (C=O) groups is 1. The van der Waals surface area contributed by atoms with Crippen molar-refractivity contribution in [3.63, 3.8) is 0 Å². The molecule has 0 bridgehead atoms. The molecule has 0 unspecified atom stereocenters. The van der Waals surface area contributed by atoms with Gasteiger partial charge < -0.3 is 25.6 Å². The Balaban J connectivity index is 2.05. The average Bonchev–Trinajstić information content (AvgIpc) is 2.45. The summed E-state index contributed by atoms with van der Waals surface area (Å²) in [5, 5.41) is 18.0. The number of hydrogen-bond acceptors (Lipinski definition) is 5. The first-order chi connectivity index (χ1) is 9.61. The predicted molar refractivity (Wildman–Crippen MR) is 76.1 cm³/mol. The molecule has 1 aromatic carbocycles. The number of carboxylic acid groups (broad SMARTS) is 1. The lowest BCUT2D eigenvalue weighted by molar-refractivity contribution is 0.0159. The lowest BCUT2D eigenvalue weighted by Crippen LogP contribution is -2.38. The Labute approximate surface area is 117 Å². The molecule has 4 N–H and O–H groups in total. The summed E-state index contributed by atoms with van der Waals surface area (Å²) in [5.74, 6) is -0.967. The second-order valence-electron chi connectivity index (χ2n) is 4.86. The quantitative estimate of drug-likeness (QED) is 0.695. The molecule has 1 aromatic rings. The van der Waals surface area contributed by atoms with E-state index in [-0.39, 0.29) is 18.3 Å². The van der Waals surface area contributed by atoms with Gasteiger partial charge in [-0.15, -0.1) is 0 Å². The third-order valence-corrected chi connectivity index (χ3v) is 3.48. The molecule has 1 heterocycles. The summed E-state index contributed by atoms with van der Waals surface area (Å²) < 4.78 is 5.50. The number of rotatable bonds is 5. The van der Waals surface area contributed by atoms with Crippen LogP contribution in [-0.4, -0.2) is 48.6 Å². The number of aliphatic hydroxyl groups is 1. The maximum absolute atomic E-state index is 11.3. The molecule has 6 nitrogen and oxygen atoms in total. The van der Waals surface area contributed by atoms with E-state index in [1.807, 2.05) is 4.90 Å². The van der Waals surface area contributed by atoms with E-state index in [1.165, 1.54) is 6.07 Å². The van der Waals surface area contributed by atoms with Crippen LogP contribution >= 0.6 is 0 Å². The number of piperidine rings is 1. The molecule has 1 aliphatic rings. The SMILES string of the molecule is Nc1ccc(N2CCC(OCCO)CC2)c(C(=O)O)c1. The zero-order valence-corrected chi connectivity index (χ0v) is 11.3. The number of anilines is 2.